The van der Waals surface area contributed by atoms with Gasteiger partial charge in [-0.2, -0.15) is 4.98 Å². The summed E-state index contributed by atoms with van der Waals surface area (Å²) >= 11 is 1.53. The number of hydrogen-bond donors (Lipinski definition) is 2. The van der Waals surface area contributed by atoms with Gasteiger partial charge in [0.15, 0.2) is 0 Å². The zero-order valence-electron chi connectivity index (χ0n) is 12.6. The summed E-state index contributed by atoms with van der Waals surface area (Å²) in [7, 11) is 0. The van der Waals surface area contributed by atoms with Crippen LogP contribution >= 0.6 is 11.3 Å². The monoisotopic (exact) mass is 334 g/mol. The minimum Gasteiger partial charge on any atom is -0.354 e. The van der Waals surface area contributed by atoms with Gasteiger partial charge in [-0.3, -0.25) is 9.59 Å². The number of nitrogens with one attached hydrogen (secondary N) is 2. The first-order valence-electron chi connectivity index (χ1n) is 7.66. The summed E-state index contributed by atoms with van der Waals surface area (Å²) in [5, 5.41) is 11.4. The van der Waals surface area contributed by atoms with Gasteiger partial charge in [-0.25, -0.2) is 0 Å². The summed E-state index contributed by atoms with van der Waals surface area (Å²) in [6.07, 6.45) is 3.14. The van der Waals surface area contributed by atoms with Gasteiger partial charge in [0.1, 0.15) is 6.04 Å². The van der Waals surface area contributed by atoms with E-state index in [0.29, 0.717) is 31.1 Å². The number of aromatic nitrogens is 2. The molecule has 0 aliphatic carbocycles. The highest BCUT2D eigenvalue weighted by Gasteiger charge is 2.22. The molecule has 1 saturated heterocycles. The number of aryl methyl sites for hydroxylation is 1. The Morgan fingerprint density at radius 2 is 2.39 bits per heavy atom. The predicted octanol–water partition coefficient (Wildman–Crippen LogP) is 1.52. The lowest BCUT2D eigenvalue weighted by Gasteiger charge is -2.14. The molecule has 1 atom stereocenters. The third kappa shape index (κ3) is 4.16. The van der Waals surface area contributed by atoms with Crippen LogP contribution in [0.3, 0.4) is 0 Å². The fourth-order valence-corrected chi connectivity index (χ4v) is 3.08. The first-order valence-corrected chi connectivity index (χ1v) is 8.54. The van der Waals surface area contributed by atoms with E-state index in [1.807, 2.05) is 17.5 Å². The number of carbonyl (C=O) groups excluding carboxylic acids is 2. The smallest absolute Gasteiger partial charge is 0.242 e. The number of nitrogens with zero attached hydrogens (tertiary/aromatic N) is 2. The van der Waals surface area contributed by atoms with Gasteiger partial charge in [-0.05, 0) is 30.7 Å². The van der Waals surface area contributed by atoms with Gasteiger partial charge in [-0.15, -0.1) is 11.3 Å². The molecule has 3 rings (SSSR count). The molecule has 23 heavy (non-hydrogen) atoms. The lowest BCUT2D eigenvalue weighted by Crippen LogP contribution is -2.45. The molecule has 2 N–H and O–H groups in total. The molecule has 8 heteroatoms. The van der Waals surface area contributed by atoms with E-state index in [-0.39, 0.29) is 18.2 Å². The van der Waals surface area contributed by atoms with Gasteiger partial charge in [0.25, 0.3) is 0 Å². The van der Waals surface area contributed by atoms with Crippen molar-refractivity contribution in [2.45, 2.75) is 38.1 Å². The van der Waals surface area contributed by atoms with Crippen molar-refractivity contribution < 1.29 is 14.1 Å². The molecule has 0 aromatic carbocycles. The van der Waals surface area contributed by atoms with E-state index in [9.17, 15) is 9.59 Å². The highest BCUT2D eigenvalue weighted by atomic mass is 32.1. The molecule has 0 bridgehead atoms. The zero-order chi connectivity index (χ0) is 16.1. The van der Waals surface area contributed by atoms with Gasteiger partial charge in [0.05, 0.1) is 4.88 Å². The Hall–Kier alpha value is -2.22. The van der Waals surface area contributed by atoms with Gasteiger partial charge >= 0.3 is 0 Å². The summed E-state index contributed by atoms with van der Waals surface area (Å²) in [6.45, 7) is 0.679. The van der Waals surface area contributed by atoms with Gasteiger partial charge in [0, 0.05) is 19.4 Å². The Bertz CT molecular complexity index is 668. The van der Waals surface area contributed by atoms with Crippen molar-refractivity contribution in [2.75, 3.05) is 6.54 Å². The second-order valence-corrected chi connectivity index (χ2v) is 6.34. The number of hydrogen-bond acceptors (Lipinski definition) is 6. The maximum Gasteiger partial charge on any atom is 0.242 e. The van der Waals surface area contributed by atoms with Crippen molar-refractivity contribution in [3.8, 4) is 10.7 Å². The standard InChI is InChI=1S/C15H18N4O3S/c20-12(17-10-4-1-2-8-16-15(10)21)6-7-13-18-14(19-22-13)11-5-3-9-23-11/h3,5,9-10H,1-2,4,6-8H2,(H,16,21)(H,17,20)/t10-/m1/s1. The van der Waals surface area contributed by atoms with Crippen LogP contribution in [0, 0.1) is 0 Å². The van der Waals surface area contributed by atoms with Crippen molar-refractivity contribution in [1.82, 2.24) is 20.8 Å². The quantitative estimate of drug-likeness (QED) is 0.864. The van der Waals surface area contributed by atoms with Crippen LogP contribution in [0.1, 0.15) is 31.6 Å². The Morgan fingerprint density at radius 1 is 1.48 bits per heavy atom. The number of thiophene rings is 1. The summed E-state index contributed by atoms with van der Waals surface area (Å²) in [5.74, 6) is 0.684. The van der Waals surface area contributed by atoms with Crippen molar-refractivity contribution in [3.05, 3.63) is 23.4 Å². The van der Waals surface area contributed by atoms with Crippen molar-refractivity contribution >= 4 is 23.2 Å². The molecule has 1 fully saturated rings. The molecule has 0 spiro atoms. The van der Waals surface area contributed by atoms with Gasteiger partial charge < -0.3 is 15.2 Å². The molecule has 3 heterocycles. The van der Waals surface area contributed by atoms with Crippen LogP contribution in [-0.4, -0.2) is 34.5 Å². The van der Waals surface area contributed by atoms with Gasteiger partial charge in [-0.1, -0.05) is 11.2 Å². The highest BCUT2D eigenvalue weighted by molar-refractivity contribution is 7.13. The van der Waals surface area contributed by atoms with E-state index in [2.05, 4.69) is 20.8 Å². The Morgan fingerprint density at radius 3 is 3.22 bits per heavy atom. The number of carbonyl (C=O) groups is 2. The third-order valence-electron chi connectivity index (χ3n) is 3.65. The van der Waals surface area contributed by atoms with Crippen LogP contribution in [0.25, 0.3) is 10.7 Å². The van der Waals surface area contributed by atoms with Crippen molar-refractivity contribution in [3.63, 3.8) is 0 Å². The second-order valence-electron chi connectivity index (χ2n) is 5.40. The average molecular weight is 334 g/mol. The summed E-state index contributed by atoms with van der Waals surface area (Å²) in [5.41, 5.74) is 0. The average Bonchev–Trinajstić information content (AvgIpc) is 3.18. The normalized spacial score (nSPS) is 18.3. The van der Waals surface area contributed by atoms with Crippen LogP contribution in [0.15, 0.2) is 22.0 Å². The second kappa shape index (κ2) is 7.36. The lowest BCUT2D eigenvalue weighted by molar-refractivity contribution is -0.128. The van der Waals surface area contributed by atoms with Crippen LogP contribution in [-0.2, 0) is 16.0 Å². The fraction of sp³-hybridized carbons (Fsp3) is 0.467. The zero-order valence-corrected chi connectivity index (χ0v) is 13.4. The highest BCUT2D eigenvalue weighted by Crippen LogP contribution is 2.21. The Balaban J connectivity index is 1.50. The van der Waals surface area contributed by atoms with E-state index in [4.69, 9.17) is 4.52 Å². The molecule has 0 radical (unpaired) electrons. The Kier molecular flexibility index (Phi) is 5.02. The van der Waals surface area contributed by atoms with E-state index in [1.54, 1.807) is 0 Å². The Labute approximate surface area is 137 Å². The van der Waals surface area contributed by atoms with Crippen molar-refractivity contribution in [2.24, 2.45) is 0 Å². The van der Waals surface area contributed by atoms with E-state index in [0.717, 1.165) is 17.7 Å². The summed E-state index contributed by atoms with van der Waals surface area (Å²) in [4.78, 5) is 29.0. The lowest BCUT2D eigenvalue weighted by atomic mass is 10.1. The van der Waals surface area contributed by atoms with E-state index >= 15 is 0 Å². The number of amides is 2. The van der Waals surface area contributed by atoms with Crippen LogP contribution in [0.2, 0.25) is 0 Å². The van der Waals surface area contributed by atoms with Crippen LogP contribution in [0.4, 0.5) is 0 Å². The minimum absolute atomic E-state index is 0.103. The molecular weight excluding hydrogens is 316 g/mol. The molecule has 122 valence electrons. The predicted molar refractivity (Wildman–Crippen MR) is 84.7 cm³/mol. The SMILES string of the molecule is O=C(CCc1nc(-c2cccs2)no1)N[C@@H]1CCCCNC1=O. The first kappa shape index (κ1) is 15.7. The third-order valence-corrected chi connectivity index (χ3v) is 4.51. The first-order chi connectivity index (χ1) is 11.2. The molecule has 2 aromatic heterocycles. The van der Waals surface area contributed by atoms with Crippen LogP contribution < -0.4 is 10.6 Å². The van der Waals surface area contributed by atoms with E-state index < -0.39 is 6.04 Å². The summed E-state index contributed by atoms with van der Waals surface area (Å²) in [6, 6.07) is 3.40. The maximum atomic E-state index is 12.0. The summed E-state index contributed by atoms with van der Waals surface area (Å²) < 4.78 is 5.16. The minimum atomic E-state index is -0.436. The molecule has 2 aromatic rings. The number of rotatable bonds is 5. The molecule has 0 unspecified atom stereocenters. The maximum absolute atomic E-state index is 12.0. The van der Waals surface area contributed by atoms with Crippen molar-refractivity contribution in [1.29, 1.82) is 0 Å². The molecule has 2 amide bonds. The largest absolute Gasteiger partial charge is 0.354 e. The molecule has 1 aliphatic rings. The van der Waals surface area contributed by atoms with E-state index in [1.165, 1.54) is 11.3 Å². The fourth-order valence-electron chi connectivity index (χ4n) is 2.43. The molecule has 7 nitrogen and oxygen atoms in total. The topological polar surface area (TPSA) is 97.1 Å². The van der Waals surface area contributed by atoms with Gasteiger partial charge in [0.2, 0.25) is 23.5 Å². The van der Waals surface area contributed by atoms with Crippen LogP contribution in [0.5, 0.6) is 0 Å². The molecular formula is C15H18N4O3S. The molecule has 1 aliphatic heterocycles. The molecule has 0 saturated carbocycles.